The second-order valence-electron chi connectivity index (χ2n) is 7.28. The van der Waals surface area contributed by atoms with Gasteiger partial charge in [-0.25, -0.2) is 4.99 Å². The van der Waals surface area contributed by atoms with E-state index in [0.29, 0.717) is 12.6 Å². The standard InChI is InChI=1S/C21H33N7S.HI/c1-4-28-13-8-9-18(28)15-23-21(24-16-20-26-25-17(2)27(20)3)22-12-14-29-19-10-6-5-7-11-19;/h5-7,10-11,18H,4,8-9,12-16H2,1-3H3,(H2,22,23,24);1H. The van der Waals surface area contributed by atoms with E-state index in [1.165, 1.54) is 24.3 Å². The topological polar surface area (TPSA) is 70.4 Å². The van der Waals surface area contributed by atoms with Gasteiger partial charge in [0.25, 0.3) is 0 Å². The molecule has 1 aromatic heterocycles. The summed E-state index contributed by atoms with van der Waals surface area (Å²) in [7, 11) is 1.98. The molecule has 0 radical (unpaired) electrons. The first-order valence-electron chi connectivity index (χ1n) is 10.5. The summed E-state index contributed by atoms with van der Waals surface area (Å²) in [4.78, 5) is 8.60. The van der Waals surface area contributed by atoms with Gasteiger partial charge in [-0.1, -0.05) is 25.1 Å². The van der Waals surface area contributed by atoms with Crippen molar-refractivity contribution in [2.75, 3.05) is 31.9 Å². The van der Waals surface area contributed by atoms with Gasteiger partial charge in [0.05, 0.1) is 0 Å². The van der Waals surface area contributed by atoms with E-state index < -0.39 is 0 Å². The van der Waals surface area contributed by atoms with Gasteiger partial charge in [-0.15, -0.1) is 45.9 Å². The Morgan fingerprint density at radius 2 is 2.03 bits per heavy atom. The Morgan fingerprint density at radius 1 is 1.23 bits per heavy atom. The number of guanidine groups is 1. The Kier molecular flexibility index (Phi) is 10.9. The van der Waals surface area contributed by atoms with Gasteiger partial charge in [0.1, 0.15) is 12.4 Å². The molecule has 2 aromatic rings. The maximum absolute atomic E-state index is 4.77. The monoisotopic (exact) mass is 543 g/mol. The Labute approximate surface area is 201 Å². The lowest BCUT2D eigenvalue weighted by Crippen LogP contribution is -2.45. The van der Waals surface area contributed by atoms with Gasteiger partial charge in [0.15, 0.2) is 11.8 Å². The zero-order valence-electron chi connectivity index (χ0n) is 18.2. The van der Waals surface area contributed by atoms with Gasteiger partial charge in [0, 0.05) is 36.8 Å². The fourth-order valence-corrected chi connectivity index (χ4v) is 4.31. The van der Waals surface area contributed by atoms with Crippen LogP contribution in [0.25, 0.3) is 0 Å². The van der Waals surface area contributed by atoms with E-state index >= 15 is 0 Å². The van der Waals surface area contributed by atoms with E-state index in [1.54, 1.807) is 0 Å². The molecule has 166 valence electrons. The molecule has 1 atom stereocenters. The van der Waals surface area contributed by atoms with Crippen molar-refractivity contribution in [3.63, 3.8) is 0 Å². The van der Waals surface area contributed by atoms with Crippen LogP contribution in [0.1, 0.15) is 31.4 Å². The van der Waals surface area contributed by atoms with Gasteiger partial charge < -0.3 is 15.2 Å². The number of aryl methyl sites for hydroxylation is 1. The van der Waals surface area contributed by atoms with Crippen LogP contribution in [0.3, 0.4) is 0 Å². The molecular formula is C21H34IN7S. The van der Waals surface area contributed by atoms with Crippen molar-refractivity contribution in [3.8, 4) is 0 Å². The van der Waals surface area contributed by atoms with E-state index in [-0.39, 0.29) is 24.0 Å². The van der Waals surface area contributed by atoms with Crippen molar-refractivity contribution in [1.29, 1.82) is 0 Å². The number of nitrogens with one attached hydrogen (secondary N) is 2. The molecule has 0 amide bonds. The zero-order valence-corrected chi connectivity index (χ0v) is 21.3. The van der Waals surface area contributed by atoms with Crippen LogP contribution in [0.5, 0.6) is 0 Å². The van der Waals surface area contributed by atoms with Crippen molar-refractivity contribution < 1.29 is 0 Å². The molecule has 0 aliphatic carbocycles. The molecule has 1 fully saturated rings. The highest BCUT2D eigenvalue weighted by atomic mass is 127. The predicted octanol–water partition coefficient (Wildman–Crippen LogP) is 3.05. The van der Waals surface area contributed by atoms with Crippen molar-refractivity contribution >= 4 is 41.7 Å². The van der Waals surface area contributed by atoms with Crippen LogP contribution < -0.4 is 10.6 Å². The maximum Gasteiger partial charge on any atom is 0.191 e. The van der Waals surface area contributed by atoms with Crippen molar-refractivity contribution in [2.45, 2.75) is 44.2 Å². The lowest BCUT2D eigenvalue weighted by atomic mass is 10.2. The summed E-state index contributed by atoms with van der Waals surface area (Å²) in [6.45, 7) is 8.79. The van der Waals surface area contributed by atoms with E-state index in [9.17, 15) is 0 Å². The minimum atomic E-state index is 0. The first kappa shape index (κ1) is 24.9. The number of likely N-dealkylation sites (N-methyl/N-ethyl adjacent to an activating group) is 1. The van der Waals surface area contributed by atoms with Crippen molar-refractivity contribution in [1.82, 2.24) is 30.3 Å². The molecule has 0 bridgehead atoms. The largest absolute Gasteiger partial charge is 0.356 e. The maximum atomic E-state index is 4.77. The summed E-state index contributed by atoms with van der Waals surface area (Å²) in [5.74, 6) is 3.61. The number of benzene rings is 1. The summed E-state index contributed by atoms with van der Waals surface area (Å²) in [6, 6.07) is 11.1. The summed E-state index contributed by atoms with van der Waals surface area (Å²) >= 11 is 1.85. The van der Waals surface area contributed by atoms with Gasteiger partial charge in [-0.3, -0.25) is 4.90 Å². The van der Waals surface area contributed by atoms with E-state index in [0.717, 1.165) is 43.0 Å². The average Bonchev–Trinajstić information content (AvgIpc) is 3.34. The SMILES string of the molecule is CCN1CCCC1CNC(=NCc1nnc(C)n1C)NCCSc1ccccc1.I. The number of nitrogens with zero attached hydrogens (tertiary/aromatic N) is 5. The number of rotatable bonds is 9. The molecule has 0 spiro atoms. The fraction of sp³-hybridized carbons (Fsp3) is 0.571. The lowest BCUT2D eigenvalue weighted by molar-refractivity contribution is 0.267. The van der Waals surface area contributed by atoms with Crippen molar-refractivity contribution in [3.05, 3.63) is 42.0 Å². The molecule has 1 aliphatic heterocycles. The highest BCUT2D eigenvalue weighted by molar-refractivity contribution is 14.0. The van der Waals surface area contributed by atoms with Crippen LogP contribution in [-0.4, -0.2) is 63.6 Å². The van der Waals surface area contributed by atoms with Gasteiger partial charge >= 0.3 is 0 Å². The summed E-state index contributed by atoms with van der Waals surface area (Å²) in [6.07, 6.45) is 2.53. The van der Waals surface area contributed by atoms with Crippen LogP contribution in [-0.2, 0) is 13.6 Å². The Morgan fingerprint density at radius 3 is 2.73 bits per heavy atom. The van der Waals surface area contributed by atoms with Gasteiger partial charge in [0.2, 0.25) is 0 Å². The smallest absolute Gasteiger partial charge is 0.191 e. The molecule has 2 N–H and O–H groups in total. The third kappa shape index (κ3) is 7.42. The molecule has 9 heteroatoms. The highest BCUT2D eigenvalue weighted by Crippen LogP contribution is 2.16. The number of aliphatic imine (C=N–C) groups is 1. The average molecular weight is 544 g/mol. The number of thioether (sulfide) groups is 1. The molecule has 3 rings (SSSR count). The number of aromatic nitrogens is 3. The zero-order chi connectivity index (χ0) is 20.5. The predicted molar refractivity (Wildman–Crippen MR) is 136 cm³/mol. The number of likely N-dealkylation sites (tertiary alicyclic amines) is 1. The fourth-order valence-electron chi connectivity index (χ4n) is 3.52. The van der Waals surface area contributed by atoms with Gasteiger partial charge in [-0.05, 0) is 45.0 Å². The Bertz CT molecular complexity index is 781. The summed E-state index contributed by atoms with van der Waals surface area (Å²) < 4.78 is 1.99. The molecular weight excluding hydrogens is 509 g/mol. The van der Waals surface area contributed by atoms with Crippen molar-refractivity contribution in [2.24, 2.45) is 12.0 Å². The second kappa shape index (κ2) is 13.2. The third-order valence-electron chi connectivity index (χ3n) is 5.38. The van der Waals surface area contributed by atoms with E-state index in [2.05, 4.69) is 56.9 Å². The molecule has 1 aliphatic rings. The van der Waals surface area contributed by atoms with Crippen LogP contribution in [0, 0.1) is 6.92 Å². The second-order valence-corrected chi connectivity index (χ2v) is 8.45. The summed E-state index contributed by atoms with van der Waals surface area (Å²) in [5.41, 5.74) is 0. The minimum absolute atomic E-state index is 0. The van der Waals surface area contributed by atoms with Crippen LogP contribution in [0.2, 0.25) is 0 Å². The highest BCUT2D eigenvalue weighted by Gasteiger charge is 2.22. The Hall–Kier alpha value is -1.33. The van der Waals surface area contributed by atoms with Crippen LogP contribution in [0.4, 0.5) is 0 Å². The molecule has 1 unspecified atom stereocenters. The first-order chi connectivity index (χ1) is 14.2. The summed E-state index contributed by atoms with van der Waals surface area (Å²) in [5, 5.41) is 15.4. The molecule has 0 saturated carbocycles. The lowest BCUT2D eigenvalue weighted by Gasteiger charge is -2.24. The number of hydrogen-bond donors (Lipinski definition) is 2. The van der Waals surface area contributed by atoms with Crippen LogP contribution in [0.15, 0.2) is 40.2 Å². The van der Waals surface area contributed by atoms with Gasteiger partial charge in [-0.2, -0.15) is 0 Å². The molecule has 7 nitrogen and oxygen atoms in total. The number of halogens is 1. The minimum Gasteiger partial charge on any atom is -0.356 e. The van der Waals surface area contributed by atoms with E-state index in [1.807, 2.05) is 36.4 Å². The molecule has 1 aromatic carbocycles. The van der Waals surface area contributed by atoms with E-state index in [4.69, 9.17) is 4.99 Å². The molecule has 1 saturated heterocycles. The number of hydrogen-bond acceptors (Lipinski definition) is 5. The van der Waals surface area contributed by atoms with Crippen LogP contribution >= 0.6 is 35.7 Å². The first-order valence-corrected chi connectivity index (χ1v) is 11.4. The molecule has 30 heavy (non-hydrogen) atoms. The Balaban J connectivity index is 0.00000320. The molecule has 2 heterocycles. The normalized spacial score (nSPS) is 17.0. The quantitative estimate of drug-likeness (QED) is 0.167. The third-order valence-corrected chi connectivity index (χ3v) is 6.39.